The van der Waals surface area contributed by atoms with E-state index in [1.807, 2.05) is 6.92 Å². The second-order valence-electron chi connectivity index (χ2n) is 4.58. The normalized spacial score (nSPS) is 13.3. The quantitative estimate of drug-likeness (QED) is 0.763. The summed E-state index contributed by atoms with van der Waals surface area (Å²) in [5.41, 5.74) is 0.193. The van der Waals surface area contributed by atoms with Gasteiger partial charge in [0.05, 0.1) is 10.8 Å². The molecular formula is C14H13F4NO2S. The third-order valence-electron chi connectivity index (χ3n) is 2.94. The van der Waals surface area contributed by atoms with Crippen molar-refractivity contribution in [1.82, 2.24) is 5.16 Å². The summed E-state index contributed by atoms with van der Waals surface area (Å²) in [6.45, 7) is 0.992. The summed E-state index contributed by atoms with van der Waals surface area (Å²) in [6.07, 6.45) is -3.97. The lowest BCUT2D eigenvalue weighted by Crippen LogP contribution is -2.02. The van der Waals surface area contributed by atoms with Crippen molar-refractivity contribution in [2.75, 3.05) is 5.75 Å². The highest BCUT2D eigenvalue weighted by Gasteiger charge is 2.36. The number of hydrogen-bond acceptors (Lipinski definition) is 3. The Hall–Kier alpha value is -1.70. The summed E-state index contributed by atoms with van der Waals surface area (Å²) in [4.78, 5) is 0.422. The number of benzene rings is 1. The minimum absolute atomic E-state index is 0.129. The van der Waals surface area contributed by atoms with E-state index in [4.69, 9.17) is 0 Å². The molecule has 0 saturated carbocycles. The Labute approximate surface area is 126 Å². The number of halogens is 4. The summed E-state index contributed by atoms with van der Waals surface area (Å²) in [6, 6.07) is 5.02. The van der Waals surface area contributed by atoms with Gasteiger partial charge < -0.3 is 4.52 Å². The van der Waals surface area contributed by atoms with E-state index in [1.165, 1.54) is 18.2 Å². The highest BCUT2D eigenvalue weighted by molar-refractivity contribution is 7.85. The molecule has 0 aliphatic rings. The predicted molar refractivity (Wildman–Crippen MR) is 73.3 cm³/mol. The molecule has 0 N–H and O–H groups in total. The van der Waals surface area contributed by atoms with Gasteiger partial charge in [-0.25, -0.2) is 4.39 Å². The standard InChI is InChI=1S/C14H13F4NO2S/c1-2-5-22(20)10-4-3-9(8-15)11(6-10)12-7-13(21-19-12)14(16,17)18/h3-4,6-7H,2,5,8H2,1H3. The average molecular weight is 335 g/mol. The van der Waals surface area contributed by atoms with Crippen molar-refractivity contribution in [2.45, 2.75) is 31.1 Å². The highest BCUT2D eigenvalue weighted by atomic mass is 32.2. The first-order valence-corrected chi connectivity index (χ1v) is 7.80. The molecule has 1 atom stereocenters. The molecule has 0 saturated heterocycles. The van der Waals surface area contributed by atoms with Gasteiger partial charge in [0.2, 0.25) is 5.76 Å². The number of nitrogens with zero attached hydrogens (tertiary/aromatic N) is 1. The fourth-order valence-electron chi connectivity index (χ4n) is 1.89. The molecule has 0 aliphatic carbocycles. The first-order valence-electron chi connectivity index (χ1n) is 6.48. The molecule has 2 rings (SSSR count). The molecule has 0 bridgehead atoms. The zero-order valence-corrected chi connectivity index (χ0v) is 12.4. The summed E-state index contributed by atoms with van der Waals surface area (Å²) in [5, 5.41) is 3.35. The van der Waals surface area contributed by atoms with Crippen molar-refractivity contribution in [3.8, 4) is 11.3 Å². The van der Waals surface area contributed by atoms with Crippen molar-refractivity contribution < 1.29 is 26.3 Å². The van der Waals surface area contributed by atoms with Crippen LogP contribution in [0, 0.1) is 0 Å². The van der Waals surface area contributed by atoms with Gasteiger partial charge in [0.25, 0.3) is 0 Å². The maximum atomic E-state index is 13.0. The number of rotatable bonds is 5. The molecule has 1 heterocycles. The van der Waals surface area contributed by atoms with E-state index in [0.717, 1.165) is 0 Å². The van der Waals surface area contributed by atoms with Crippen LogP contribution in [-0.4, -0.2) is 15.1 Å². The van der Waals surface area contributed by atoms with Crippen molar-refractivity contribution in [3.05, 3.63) is 35.6 Å². The highest BCUT2D eigenvalue weighted by Crippen LogP contribution is 2.34. The predicted octanol–water partition coefficient (Wildman–Crippen LogP) is 4.35. The zero-order chi connectivity index (χ0) is 16.3. The van der Waals surface area contributed by atoms with Crippen LogP contribution in [-0.2, 0) is 23.7 Å². The summed E-state index contributed by atoms with van der Waals surface area (Å²) in [7, 11) is -1.29. The maximum absolute atomic E-state index is 13.0. The maximum Gasteiger partial charge on any atom is 0.452 e. The van der Waals surface area contributed by atoms with Crippen LogP contribution < -0.4 is 0 Å². The van der Waals surface area contributed by atoms with Gasteiger partial charge in [0.15, 0.2) is 0 Å². The molecular weight excluding hydrogens is 322 g/mol. The molecule has 22 heavy (non-hydrogen) atoms. The molecule has 0 aliphatic heterocycles. The van der Waals surface area contributed by atoms with Crippen LogP contribution in [0.5, 0.6) is 0 Å². The first-order chi connectivity index (χ1) is 10.4. The van der Waals surface area contributed by atoms with Crippen LogP contribution >= 0.6 is 0 Å². The van der Waals surface area contributed by atoms with Crippen LogP contribution in [0.3, 0.4) is 0 Å². The third kappa shape index (κ3) is 3.55. The fourth-order valence-corrected chi connectivity index (χ4v) is 2.97. The molecule has 1 unspecified atom stereocenters. The SMILES string of the molecule is CCCS(=O)c1ccc(CF)c(-c2cc(C(F)(F)F)on2)c1. The van der Waals surface area contributed by atoms with Gasteiger partial charge in [0, 0.05) is 22.3 Å². The van der Waals surface area contributed by atoms with E-state index in [0.29, 0.717) is 23.1 Å². The molecule has 1 aromatic heterocycles. The van der Waals surface area contributed by atoms with Gasteiger partial charge in [-0.15, -0.1) is 0 Å². The topological polar surface area (TPSA) is 43.1 Å². The van der Waals surface area contributed by atoms with Gasteiger partial charge >= 0.3 is 6.18 Å². The average Bonchev–Trinajstić information content (AvgIpc) is 2.96. The van der Waals surface area contributed by atoms with E-state index in [2.05, 4.69) is 9.68 Å². The number of hydrogen-bond donors (Lipinski definition) is 0. The summed E-state index contributed by atoms with van der Waals surface area (Å²) in [5.74, 6) is -0.839. The molecule has 2 aromatic rings. The number of aromatic nitrogens is 1. The third-order valence-corrected chi connectivity index (χ3v) is 4.50. The van der Waals surface area contributed by atoms with Crippen molar-refractivity contribution in [3.63, 3.8) is 0 Å². The van der Waals surface area contributed by atoms with E-state index >= 15 is 0 Å². The molecule has 8 heteroatoms. The molecule has 0 spiro atoms. The molecule has 0 fully saturated rings. The molecule has 0 amide bonds. The van der Waals surface area contributed by atoms with Gasteiger partial charge in [-0.2, -0.15) is 13.2 Å². The minimum atomic E-state index is -4.66. The molecule has 0 radical (unpaired) electrons. The van der Waals surface area contributed by atoms with Crippen molar-refractivity contribution >= 4 is 10.8 Å². The van der Waals surface area contributed by atoms with Crippen LogP contribution in [0.2, 0.25) is 0 Å². The number of alkyl halides is 4. The second kappa shape index (κ2) is 6.60. The Bertz CT molecular complexity index is 682. The smallest absolute Gasteiger partial charge is 0.351 e. The lowest BCUT2D eigenvalue weighted by atomic mass is 10.1. The Balaban J connectivity index is 2.46. The first kappa shape index (κ1) is 16.7. The largest absolute Gasteiger partial charge is 0.452 e. The summed E-state index contributed by atoms with van der Waals surface area (Å²) < 4.78 is 66.9. The lowest BCUT2D eigenvalue weighted by Gasteiger charge is -2.07. The van der Waals surface area contributed by atoms with Gasteiger partial charge in [0.1, 0.15) is 12.4 Å². The lowest BCUT2D eigenvalue weighted by molar-refractivity contribution is -0.155. The van der Waals surface area contributed by atoms with Gasteiger partial charge in [-0.05, 0) is 24.1 Å². The van der Waals surface area contributed by atoms with E-state index < -0.39 is 29.4 Å². The zero-order valence-electron chi connectivity index (χ0n) is 11.6. The van der Waals surface area contributed by atoms with E-state index in [1.54, 1.807) is 0 Å². The minimum Gasteiger partial charge on any atom is -0.351 e. The van der Waals surface area contributed by atoms with Crippen LogP contribution in [0.4, 0.5) is 17.6 Å². The second-order valence-corrected chi connectivity index (χ2v) is 6.15. The Morgan fingerprint density at radius 3 is 2.55 bits per heavy atom. The van der Waals surface area contributed by atoms with Crippen molar-refractivity contribution in [1.29, 1.82) is 0 Å². The van der Waals surface area contributed by atoms with Gasteiger partial charge in [-0.3, -0.25) is 4.21 Å². The van der Waals surface area contributed by atoms with Crippen molar-refractivity contribution in [2.24, 2.45) is 0 Å². The Morgan fingerprint density at radius 1 is 1.27 bits per heavy atom. The van der Waals surface area contributed by atoms with E-state index in [9.17, 15) is 21.8 Å². The van der Waals surface area contributed by atoms with Crippen LogP contribution in [0.25, 0.3) is 11.3 Å². The Kier molecular flexibility index (Phi) is 5.00. The van der Waals surface area contributed by atoms with Gasteiger partial charge in [-0.1, -0.05) is 18.1 Å². The van der Waals surface area contributed by atoms with Crippen LogP contribution in [0.1, 0.15) is 24.7 Å². The molecule has 1 aromatic carbocycles. The van der Waals surface area contributed by atoms with E-state index in [-0.39, 0.29) is 16.8 Å². The molecule has 3 nitrogen and oxygen atoms in total. The monoisotopic (exact) mass is 335 g/mol. The summed E-state index contributed by atoms with van der Waals surface area (Å²) >= 11 is 0. The Morgan fingerprint density at radius 2 is 2.00 bits per heavy atom. The molecule has 120 valence electrons. The fraction of sp³-hybridized carbons (Fsp3) is 0.357. The van der Waals surface area contributed by atoms with Crippen LogP contribution in [0.15, 0.2) is 33.7 Å².